The number of carbonyl (C=O) groups excluding carboxylic acids is 1. The third-order valence-corrected chi connectivity index (χ3v) is 2.06. The lowest BCUT2D eigenvalue weighted by molar-refractivity contribution is 0.228. The number of rotatable bonds is 3. The van der Waals surface area contributed by atoms with Gasteiger partial charge in [0, 0.05) is 13.1 Å². The van der Waals surface area contributed by atoms with Crippen molar-refractivity contribution in [1.82, 2.24) is 4.90 Å². The summed E-state index contributed by atoms with van der Waals surface area (Å²) in [5.74, 6) is 0.245. The molecule has 0 fully saturated rings. The van der Waals surface area contributed by atoms with Crippen LogP contribution in [0.25, 0.3) is 0 Å². The Hall–Kier alpha value is -0.690. The van der Waals surface area contributed by atoms with Gasteiger partial charge < -0.3 is 4.90 Å². The normalized spacial score (nSPS) is 8.82. The zero-order chi connectivity index (χ0) is 8.69. The van der Waals surface area contributed by atoms with E-state index in [0.717, 1.165) is 11.8 Å². The molecule has 11 heavy (non-hydrogen) atoms. The first-order valence-corrected chi connectivity index (χ1v) is 4.53. The van der Waals surface area contributed by atoms with Gasteiger partial charge in [-0.3, -0.25) is 4.79 Å². The first kappa shape index (κ1) is 10.3. The summed E-state index contributed by atoms with van der Waals surface area (Å²) in [5, 5.41) is 8.20. The van der Waals surface area contributed by atoms with Crippen molar-refractivity contribution in [3.63, 3.8) is 0 Å². The largest absolute Gasteiger partial charge is 0.334 e. The van der Waals surface area contributed by atoms with Crippen molar-refractivity contribution < 1.29 is 4.79 Å². The van der Waals surface area contributed by atoms with Gasteiger partial charge in [-0.25, -0.2) is 0 Å². The van der Waals surface area contributed by atoms with E-state index in [1.165, 1.54) is 0 Å². The molecule has 0 aromatic carbocycles. The highest BCUT2D eigenvalue weighted by Gasteiger charge is 2.08. The molecule has 3 nitrogen and oxygen atoms in total. The average molecular weight is 172 g/mol. The van der Waals surface area contributed by atoms with E-state index in [2.05, 4.69) is 0 Å². The fourth-order valence-electron chi connectivity index (χ4n) is 0.667. The highest BCUT2D eigenvalue weighted by atomic mass is 32.2. The molecule has 0 unspecified atom stereocenters. The van der Waals surface area contributed by atoms with Gasteiger partial charge >= 0.3 is 0 Å². The Bertz CT molecular complexity index is 160. The third kappa shape index (κ3) is 3.89. The predicted octanol–water partition coefficient (Wildman–Crippen LogP) is 1.70. The van der Waals surface area contributed by atoms with E-state index < -0.39 is 0 Å². The van der Waals surface area contributed by atoms with Crippen LogP contribution in [0.3, 0.4) is 0 Å². The van der Waals surface area contributed by atoms with Crippen LogP contribution < -0.4 is 0 Å². The Labute approximate surface area is 71.4 Å². The number of hydrogen-bond donors (Lipinski definition) is 0. The maximum atomic E-state index is 11.1. The van der Waals surface area contributed by atoms with Crippen LogP contribution in [0.2, 0.25) is 0 Å². The average Bonchev–Trinajstić information content (AvgIpc) is 2.03. The summed E-state index contributed by atoms with van der Waals surface area (Å²) in [7, 11) is 0. The first-order valence-electron chi connectivity index (χ1n) is 3.54. The van der Waals surface area contributed by atoms with E-state index in [1.807, 2.05) is 19.9 Å². The van der Waals surface area contributed by atoms with Gasteiger partial charge in [-0.1, -0.05) is 0 Å². The van der Waals surface area contributed by atoms with Gasteiger partial charge in [0.1, 0.15) is 0 Å². The lowest BCUT2D eigenvalue weighted by Crippen LogP contribution is -2.26. The molecule has 0 rings (SSSR count). The van der Waals surface area contributed by atoms with Crippen LogP contribution in [0.4, 0.5) is 4.79 Å². The Balaban J connectivity index is 3.72. The second-order valence-electron chi connectivity index (χ2n) is 1.88. The van der Waals surface area contributed by atoms with E-state index in [9.17, 15) is 4.79 Å². The molecule has 0 saturated heterocycles. The molecule has 0 aliphatic carbocycles. The Kier molecular flexibility index (Phi) is 5.67. The second-order valence-corrected chi connectivity index (χ2v) is 2.81. The molecule has 62 valence electrons. The van der Waals surface area contributed by atoms with Crippen molar-refractivity contribution >= 4 is 17.0 Å². The molecule has 0 heterocycles. The van der Waals surface area contributed by atoms with Gasteiger partial charge in [0.15, 0.2) is 0 Å². The fourth-order valence-corrected chi connectivity index (χ4v) is 1.30. The molecular weight excluding hydrogens is 160 g/mol. The number of carbonyl (C=O) groups is 1. The van der Waals surface area contributed by atoms with Crippen molar-refractivity contribution in [3.05, 3.63) is 0 Å². The van der Waals surface area contributed by atoms with E-state index in [1.54, 1.807) is 4.90 Å². The van der Waals surface area contributed by atoms with Gasteiger partial charge in [0.25, 0.3) is 5.24 Å². The molecule has 0 saturated carbocycles. The number of nitrogens with zero attached hydrogens (tertiary/aromatic N) is 2. The third-order valence-electron chi connectivity index (χ3n) is 1.28. The summed E-state index contributed by atoms with van der Waals surface area (Å²) in [6.07, 6.45) is 0. The minimum Gasteiger partial charge on any atom is -0.334 e. The smallest absolute Gasteiger partial charge is 0.282 e. The Morgan fingerprint density at radius 2 is 2.09 bits per heavy atom. The van der Waals surface area contributed by atoms with E-state index in [4.69, 9.17) is 5.26 Å². The summed E-state index contributed by atoms with van der Waals surface area (Å²) in [6, 6.07) is 1.92. The summed E-state index contributed by atoms with van der Waals surface area (Å²) < 4.78 is 0. The highest BCUT2D eigenvalue weighted by Crippen LogP contribution is 2.06. The van der Waals surface area contributed by atoms with Crippen molar-refractivity contribution in [2.24, 2.45) is 0 Å². The van der Waals surface area contributed by atoms with Crippen LogP contribution in [-0.2, 0) is 0 Å². The molecule has 1 amide bonds. The van der Waals surface area contributed by atoms with Crippen molar-refractivity contribution in [1.29, 1.82) is 5.26 Å². The maximum absolute atomic E-state index is 11.1. The molecule has 0 spiro atoms. The number of amides is 1. The summed E-state index contributed by atoms with van der Waals surface area (Å²) >= 11 is 1.06. The van der Waals surface area contributed by atoms with Crippen molar-refractivity contribution in [2.45, 2.75) is 13.8 Å². The molecule has 0 bridgehead atoms. The van der Waals surface area contributed by atoms with Gasteiger partial charge in [0.05, 0.1) is 11.8 Å². The summed E-state index contributed by atoms with van der Waals surface area (Å²) in [5.41, 5.74) is 0. The van der Waals surface area contributed by atoms with Crippen molar-refractivity contribution in [2.75, 3.05) is 18.8 Å². The van der Waals surface area contributed by atoms with Gasteiger partial charge in [-0.15, -0.1) is 0 Å². The van der Waals surface area contributed by atoms with Crippen LogP contribution in [-0.4, -0.2) is 29.0 Å². The SMILES string of the molecule is CCN(CC)C(=O)SCC#N. The van der Waals surface area contributed by atoms with Gasteiger partial charge in [-0.05, 0) is 25.6 Å². The number of thioether (sulfide) groups is 1. The molecule has 4 heteroatoms. The molecule has 0 atom stereocenters. The van der Waals surface area contributed by atoms with Crippen LogP contribution in [0.1, 0.15) is 13.8 Å². The van der Waals surface area contributed by atoms with Crippen LogP contribution >= 0.6 is 11.8 Å². The second kappa shape index (κ2) is 6.05. The van der Waals surface area contributed by atoms with Gasteiger partial charge in [-0.2, -0.15) is 5.26 Å². The lowest BCUT2D eigenvalue weighted by Gasteiger charge is -2.16. The maximum Gasteiger partial charge on any atom is 0.282 e. The molecule has 0 N–H and O–H groups in total. The standard InChI is InChI=1S/C7H12N2OS/c1-3-9(4-2)7(10)11-6-5-8/h3-4,6H2,1-2H3. The molecular formula is C7H12N2OS. The molecule has 0 radical (unpaired) electrons. The minimum atomic E-state index is -0.00319. The van der Waals surface area contributed by atoms with Crippen LogP contribution in [0, 0.1) is 11.3 Å². The topological polar surface area (TPSA) is 44.1 Å². The van der Waals surface area contributed by atoms with Gasteiger partial charge in [0.2, 0.25) is 0 Å². The lowest BCUT2D eigenvalue weighted by atomic mass is 10.6. The molecule has 0 aliphatic rings. The van der Waals surface area contributed by atoms with Crippen molar-refractivity contribution in [3.8, 4) is 6.07 Å². The summed E-state index contributed by atoms with van der Waals surface area (Å²) in [6.45, 7) is 5.28. The Morgan fingerprint density at radius 1 is 1.55 bits per heavy atom. The monoisotopic (exact) mass is 172 g/mol. The highest BCUT2D eigenvalue weighted by molar-refractivity contribution is 8.13. The zero-order valence-corrected chi connectivity index (χ0v) is 7.65. The van der Waals surface area contributed by atoms with E-state index in [-0.39, 0.29) is 11.0 Å². The first-order chi connectivity index (χ1) is 5.26. The molecule has 0 aliphatic heterocycles. The molecule has 0 aromatic rings. The van der Waals surface area contributed by atoms with Crippen LogP contribution in [0.15, 0.2) is 0 Å². The quantitative estimate of drug-likeness (QED) is 0.651. The Morgan fingerprint density at radius 3 is 2.45 bits per heavy atom. The summed E-state index contributed by atoms with van der Waals surface area (Å²) in [4.78, 5) is 12.8. The zero-order valence-electron chi connectivity index (χ0n) is 6.83. The van der Waals surface area contributed by atoms with E-state index in [0.29, 0.717) is 13.1 Å². The number of nitriles is 1. The predicted molar refractivity (Wildman–Crippen MR) is 46.4 cm³/mol. The molecule has 0 aromatic heterocycles. The van der Waals surface area contributed by atoms with E-state index >= 15 is 0 Å². The minimum absolute atomic E-state index is 0.00319. The number of hydrogen-bond acceptors (Lipinski definition) is 3. The fraction of sp³-hybridized carbons (Fsp3) is 0.714. The van der Waals surface area contributed by atoms with Crippen LogP contribution in [0.5, 0.6) is 0 Å².